The molecule has 3 heterocycles. The van der Waals surface area contributed by atoms with Gasteiger partial charge in [-0.15, -0.1) is 0 Å². The summed E-state index contributed by atoms with van der Waals surface area (Å²) in [4.78, 5) is 6.52. The molecule has 3 aromatic rings. The van der Waals surface area contributed by atoms with Gasteiger partial charge in [-0.3, -0.25) is 0 Å². The molecule has 1 aliphatic heterocycles. The van der Waals surface area contributed by atoms with Gasteiger partial charge in [-0.05, 0) is 51.2 Å². The van der Waals surface area contributed by atoms with E-state index in [-0.39, 0.29) is 30.0 Å². The van der Waals surface area contributed by atoms with Gasteiger partial charge >= 0.3 is 6.18 Å². The molecule has 34 heavy (non-hydrogen) atoms. The van der Waals surface area contributed by atoms with E-state index >= 15 is 0 Å². The van der Waals surface area contributed by atoms with Crippen molar-refractivity contribution in [3.63, 3.8) is 0 Å². The second kappa shape index (κ2) is 9.75. The van der Waals surface area contributed by atoms with Gasteiger partial charge in [0.1, 0.15) is 6.54 Å². The Labute approximate surface area is 194 Å². The highest BCUT2D eigenvalue weighted by Crippen LogP contribution is 2.34. The third kappa shape index (κ3) is 5.33. The Balaban J connectivity index is 1.68. The number of nitrogens with zero attached hydrogens (tertiary/aromatic N) is 4. The predicted molar refractivity (Wildman–Crippen MR) is 123 cm³/mol. The van der Waals surface area contributed by atoms with Gasteiger partial charge in [0.25, 0.3) is 0 Å². The summed E-state index contributed by atoms with van der Waals surface area (Å²) in [5, 5.41) is 18.2. The lowest BCUT2D eigenvalue weighted by molar-refractivity contribution is -0.139. The fourth-order valence-corrected chi connectivity index (χ4v) is 4.08. The van der Waals surface area contributed by atoms with E-state index in [9.17, 15) is 13.2 Å². The van der Waals surface area contributed by atoms with Crippen molar-refractivity contribution in [3.8, 4) is 11.5 Å². The maximum atomic E-state index is 13.5. The zero-order valence-corrected chi connectivity index (χ0v) is 18.7. The number of alkyl halides is 3. The maximum Gasteiger partial charge on any atom is 0.406 e. The zero-order chi connectivity index (χ0) is 24.3. The van der Waals surface area contributed by atoms with Crippen LogP contribution in [-0.2, 0) is 13.1 Å². The highest BCUT2D eigenvalue weighted by Gasteiger charge is 2.31. The van der Waals surface area contributed by atoms with E-state index in [1.807, 2.05) is 6.07 Å². The lowest BCUT2D eigenvalue weighted by atomic mass is 10.0. The quantitative estimate of drug-likeness (QED) is 0.368. The van der Waals surface area contributed by atoms with Crippen molar-refractivity contribution in [1.29, 1.82) is 5.41 Å². The summed E-state index contributed by atoms with van der Waals surface area (Å²) in [5.74, 6) is 0.209. The van der Waals surface area contributed by atoms with E-state index < -0.39 is 12.7 Å². The molecule has 0 unspecified atom stereocenters. The first-order valence-corrected chi connectivity index (χ1v) is 10.9. The molecule has 0 spiro atoms. The molecule has 182 valence electrons. The number of nitrogens with two attached hydrogens (primary N) is 1. The average molecular weight is 477 g/mol. The number of nitrogens with one attached hydrogen (secondary N) is 3. The van der Waals surface area contributed by atoms with Crippen LogP contribution in [0.4, 0.5) is 18.9 Å². The van der Waals surface area contributed by atoms with Crippen LogP contribution in [0.5, 0.6) is 0 Å². The van der Waals surface area contributed by atoms with E-state index in [0.29, 0.717) is 16.6 Å². The molecule has 1 aliphatic rings. The molecule has 0 bridgehead atoms. The minimum absolute atomic E-state index is 0.0515. The minimum atomic E-state index is -4.43. The first-order valence-electron chi connectivity index (χ1n) is 10.9. The number of piperidine rings is 1. The Hall–Kier alpha value is -3.54. The van der Waals surface area contributed by atoms with Crippen molar-refractivity contribution < 1.29 is 17.7 Å². The molecule has 2 aromatic heterocycles. The molecule has 1 aromatic carbocycles. The van der Waals surface area contributed by atoms with Gasteiger partial charge in [-0.25, -0.2) is 0 Å². The molecule has 0 aliphatic carbocycles. The van der Waals surface area contributed by atoms with Crippen LogP contribution >= 0.6 is 0 Å². The highest BCUT2D eigenvalue weighted by atomic mass is 19.4. The monoisotopic (exact) mass is 476 g/mol. The van der Waals surface area contributed by atoms with Gasteiger partial charge < -0.3 is 35.8 Å². The lowest BCUT2D eigenvalue weighted by Gasteiger charge is -2.30. The number of halogens is 3. The zero-order valence-electron chi connectivity index (χ0n) is 18.7. The number of fused-ring (bicyclic) bond motifs is 1. The van der Waals surface area contributed by atoms with Crippen molar-refractivity contribution in [2.45, 2.75) is 38.1 Å². The van der Waals surface area contributed by atoms with Gasteiger partial charge in [0.05, 0.1) is 23.5 Å². The largest absolute Gasteiger partial charge is 0.406 e. The molecule has 0 amide bonds. The van der Waals surface area contributed by atoms with Gasteiger partial charge in [0.15, 0.2) is 0 Å². The molecule has 1 fully saturated rings. The Morgan fingerprint density at radius 3 is 2.76 bits per heavy atom. The third-order valence-electron chi connectivity index (χ3n) is 5.84. The van der Waals surface area contributed by atoms with Crippen molar-refractivity contribution in [3.05, 3.63) is 42.1 Å². The Kier molecular flexibility index (Phi) is 6.77. The van der Waals surface area contributed by atoms with Crippen LogP contribution < -0.4 is 16.4 Å². The van der Waals surface area contributed by atoms with Crippen LogP contribution in [0.1, 0.15) is 18.7 Å². The van der Waals surface area contributed by atoms with Gasteiger partial charge in [-0.1, -0.05) is 11.2 Å². The molecule has 1 saturated heterocycles. The standard InChI is InChI=1S/C22H27F3N8O/c1-32-7-5-14(6-8-32)29-17-3-2-4-18-16(17)9-19(33(18)13-22(23,24)25)21-30-20(34-31-21)12-28-15(10-26)11-27/h2-4,9-11,14,26,28-29H,5-8,12-13,27H2,1H3/b15-11+,26-10?. The van der Waals surface area contributed by atoms with E-state index in [4.69, 9.17) is 15.7 Å². The van der Waals surface area contributed by atoms with E-state index in [0.717, 1.165) is 37.8 Å². The summed E-state index contributed by atoms with van der Waals surface area (Å²) in [6, 6.07) is 7.21. The molecule has 0 radical (unpaired) electrons. The molecule has 12 heteroatoms. The Bertz CT molecular complexity index is 1170. The van der Waals surface area contributed by atoms with Crippen molar-refractivity contribution in [2.24, 2.45) is 5.73 Å². The maximum absolute atomic E-state index is 13.5. The summed E-state index contributed by atoms with van der Waals surface area (Å²) in [5.41, 5.74) is 7.16. The van der Waals surface area contributed by atoms with Crippen LogP contribution in [0.25, 0.3) is 22.4 Å². The van der Waals surface area contributed by atoms with Gasteiger partial charge in [0, 0.05) is 29.5 Å². The van der Waals surface area contributed by atoms with Crippen LogP contribution in [0.2, 0.25) is 0 Å². The smallest absolute Gasteiger partial charge is 0.403 e. The summed E-state index contributed by atoms with van der Waals surface area (Å²) in [7, 11) is 2.08. The lowest BCUT2D eigenvalue weighted by Crippen LogP contribution is -2.36. The molecule has 0 saturated carbocycles. The number of allylic oxidation sites excluding steroid dienone is 1. The van der Waals surface area contributed by atoms with Crippen molar-refractivity contribution in [2.75, 3.05) is 25.5 Å². The number of likely N-dealkylation sites (tertiary alicyclic amines) is 1. The molecular weight excluding hydrogens is 449 g/mol. The van der Waals surface area contributed by atoms with Crippen molar-refractivity contribution in [1.82, 2.24) is 24.9 Å². The van der Waals surface area contributed by atoms with Crippen LogP contribution in [0, 0.1) is 5.41 Å². The van der Waals surface area contributed by atoms with Crippen LogP contribution in [0.15, 0.2) is 40.7 Å². The van der Waals surface area contributed by atoms with Crippen LogP contribution in [-0.4, -0.2) is 58.2 Å². The van der Waals surface area contributed by atoms with E-state index in [2.05, 4.69) is 32.7 Å². The van der Waals surface area contributed by atoms with Crippen LogP contribution in [0.3, 0.4) is 0 Å². The van der Waals surface area contributed by atoms with Crippen molar-refractivity contribution >= 4 is 22.8 Å². The number of hydrogen-bond donors (Lipinski definition) is 4. The summed E-state index contributed by atoms with van der Waals surface area (Å²) in [6.07, 6.45) is -0.281. The number of rotatable bonds is 8. The number of aromatic nitrogens is 3. The number of benzene rings is 1. The number of hydrogen-bond acceptors (Lipinski definition) is 8. The molecule has 0 atom stereocenters. The second-order valence-electron chi connectivity index (χ2n) is 8.32. The molecule has 9 nitrogen and oxygen atoms in total. The van der Waals surface area contributed by atoms with Gasteiger partial charge in [-0.2, -0.15) is 18.2 Å². The summed E-state index contributed by atoms with van der Waals surface area (Å²) < 4.78 is 46.9. The minimum Gasteiger partial charge on any atom is -0.403 e. The van der Waals surface area contributed by atoms with E-state index in [1.165, 1.54) is 10.8 Å². The average Bonchev–Trinajstić information content (AvgIpc) is 3.40. The fraction of sp³-hybridized carbons (Fsp3) is 0.409. The SMILES string of the molecule is CN1CCC(Nc2cccc3c2cc(-c2noc(CN/C(C=N)=C/N)n2)n3CC(F)(F)F)CC1. The summed E-state index contributed by atoms with van der Waals surface area (Å²) >= 11 is 0. The molecule has 4 rings (SSSR count). The second-order valence-corrected chi connectivity index (χ2v) is 8.32. The highest BCUT2D eigenvalue weighted by molar-refractivity contribution is 5.96. The normalized spacial score (nSPS) is 16.2. The van der Waals surface area contributed by atoms with Gasteiger partial charge in [0.2, 0.25) is 11.7 Å². The Morgan fingerprint density at radius 1 is 1.32 bits per heavy atom. The van der Waals surface area contributed by atoms with E-state index in [1.54, 1.807) is 18.2 Å². The molecule has 5 N–H and O–H groups in total. The Morgan fingerprint density at radius 2 is 2.09 bits per heavy atom. The first-order chi connectivity index (χ1) is 16.3. The fourth-order valence-electron chi connectivity index (χ4n) is 4.08. The number of anilines is 1. The summed E-state index contributed by atoms with van der Waals surface area (Å²) in [6.45, 7) is 0.826. The predicted octanol–water partition coefficient (Wildman–Crippen LogP) is 3.30. The topological polar surface area (TPSA) is 121 Å². The molecular formula is C22H27F3N8O. The third-order valence-corrected chi connectivity index (χ3v) is 5.84. The first kappa shape index (κ1) is 23.6.